The number of methoxy groups -OCH3 is 1. The molecule has 0 saturated carbocycles. The number of imidazole rings is 1. The largest absolute Gasteiger partial charge is 0.494 e. The third-order valence-corrected chi connectivity index (χ3v) is 12.2. The Morgan fingerprint density at radius 2 is 1.65 bits per heavy atom. The topological polar surface area (TPSA) is 147 Å². The van der Waals surface area contributed by atoms with Gasteiger partial charge in [0.25, 0.3) is 5.91 Å². The van der Waals surface area contributed by atoms with Gasteiger partial charge in [-0.05, 0) is 80.4 Å². The molecule has 3 aromatic carbocycles. The maximum atomic E-state index is 14.5. The van der Waals surface area contributed by atoms with Crippen LogP contribution in [0.25, 0.3) is 28.3 Å². The Balaban J connectivity index is 1.03. The smallest absolute Gasteiger partial charge is 0.259 e. The number of para-hydroxylation sites is 1. The quantitative estimate of drug-likeness (QED) is 0.136. The molecule has 0 atom stereocenters. The van der Waals surface area contributed by atoms with Crippen molar-refractivity contribution in [1.29, 1.82) is 0 Å². The SMILES string of the molecule is CCOc1ccc(-c2nc3ccccn3c2-c2ccnc(Nc3ccc(N4CCC(N5CCN(S(C)(=O)=O)CC5)CC4)cc3OC)n2)cc1C(=O)Nc1c(F)cccc1F. The molecule has 6 aromatic rings. The van der Waals surface area contributed by atoms with Gasteiger partial charge in [-0.1, -0.05) is 12.1 Å². The van der Waals surface area contributed by atoms with E-state index in [-0.39, 0.29) is 17.9 Å². The van der Waals surface area contributed by atoms with E-state index in [4.69, 9.17) is 19.4 Å². The molecule has 312 valence electrons. The summed E-state index contributed by atoms with van der Waals surface area (Å²) < 4.78 is 68.1. The van der Waals surface area contributed by atoms with Gasteiger partial charge >= 0.3 is 0 Å². The molecule has 0 radical (unpaired) electrons. The first-order valence-corrected chi connectivity index (χ1v) is 21.6. The molecule has 5 heterocycles. The number of aromatic nitrogens is 4. The summed E-state index contributed by atoms with van der Waals surface area (Å²) in [5.74, 6) is -1.40. The summed E-state index contributed by atoms with van der Waals surface area (Å²) in [7, 11) is -1.55. The van der Waals surface area contributed by atoms with Crippen molar-refractivity contribution in [2.45, 2.75) is 25.8 Å². The number of hydrogen-bond donors (Lipinski definition) is 2. The molecule has 2 aliphatic rings. The Morgan fingerprint density at radius 3 is 2.37 bits per heavy atom. The highest BCUT2D eigenvalue weighted by Gasteiger charge is 2.30. The molecule has 2 aliphatic heterocycles. The van der Waals surface area contributed by atoms with Gasteiger partial charge in [-0.15, -0.1) is 0 Å². The van der Waals surface area contributed by atoms with Crippen LogP contribution in [0.15, 0.2) is 91.3 Å². The highest BCUT2D eigenvalue weighted by atomic mass is 32.2. The highest BCUT2D eigenvalue weighted by Crippen LogP contribution is 2.37. The Hall–Kier alpha value is -6.17. The first kappa shape index (κ1) is 40.6. The van der Waals surface area contributed by atoms with Gasteiger partial charge in [0.05, 0.1) is 48.3 Å². The van der Waals surface area contributed by atoms with Crippen LogP contribution in [0.4, 0.5) is 31.8 Å². The van der Waals surface area contributed by atoms with Crippen LogP contribution in [0.2, 0.25) is 0 Å². The zero-order valence-corrected chi connectivity index (χ0v) is 34.3. The number of benzene rings is 3. The molecule has 3 aromatic heterocycles. The number of sulfonamides is 1. The van der Waals surface area contributed by atoms with E-state index in [2.05, 4.69) is 25.4 Å². The predicted octanol–water partition coefficient (Wildman–Crippen LogP) is 6.69. The van der Waals surface area contributed by atoms with Gasteiger partial charge in [0, 0.05) is 75.0 Å². The lowest BCUT2D eigenvalue weighted by Gasteiger charge is -2.42. The number of carbonyl (C=O) groups excluding carboxylic acids is 1. The summed E-state index contributed by atoms with van der Waals surface area (Å²) >= 11 is 0. The van der Waals surface area contributed by atoms with Crippen LogP contribution in [-0.2, 0) is 10.0 Å². The third-order valence-electron chi connectivity index (χ3n) is 10.9. The highest BCUT2D eigenvalue weighted by molar-refractivity contribution is 7.88. The van der Waals surface area contributed by atoms with Crippen molar-refractivity contribution in [3.63, 3.8) is 0 Å². The number of piperazine rings is 1. The van der Waals surface area contributed by atoms with Crippen LogP contribution in [-0.4, -0.2) is 108 Å². The minimum absolute atomic E-state index is 0.0648. The fourth-order valence-corrected chi connectivity index (χ4v) is 8.74. The van der Waals surface area contributed by atoms with Crippen LogP contribution >= 0.6 is 0 Å². The van der Waals surface area contributed by atoms with Gasteiger partial charge in [0.2, 0.25) is 16.0 Å². The Morgan fingerprint density at radius 1 is 0.883 bits per heavy atom. The van der Waals surface area contributed by atoms with E-state index in [0.29, 0.717) is 64.8 Å². The standard InChI is InChI=1S/C43H45F2N9O5S/c1-4-59-36-14-11-28(26-31(36)42(55)50-40-32(44)8-7-9-33(40)45)39-41(54-19-6-5-10-38(54)49-39)35-15-18-46-43(48-35)47-34-13-12-30(27-37(34)58-2)51-20-16-29(17-21-51)52-22-24-53(25-23-52)60(3,56)57/h5-15,18-19,26-27,29H,4,16-17,20-25H2,1-3H3,(H,50,55)(H,46,47,48). The summed E-state index contributed by atoms with van der Waals surface area (Å²) in [4.78, 5) is 32.7. The fraction of sp³-hybridized carbons (Fsp3) is 0.302. The number of pyridine rings is 1. The molecular formula is C43H45F2N9O5S. The monoisotopic (exact) mass is 837 g/mol. The molecule has 14 nitrogen and oxygen atoms in total. The van der Waals surface area contributed by atoms with Crippen LogP contribution in [0.5, 0.6) is 11.5 Å². The van der Waals surface area contributed by atoms with Crippen molar-refractivity contribution in [3.05, 3.63) is 108 Å². The summed E-state index contributed by atoms with van der Waals surface area (Å²) in [5, 5.41) is 5.70. The minimum atomic E-state index is -3.17. The van der Waals surface area contributed by atoms with E-state index < -0.39 is 33.3 Å². The van der Waals surface area contributed by atoms with Crippen LogP contribution in [0.3, 0.4) is 0 Å². The van der Waals surface area contributed by atoms with E-state index in [1.165, 1.54) is 12.3 Å². The first-order valence-electron chi connectivity index (χ1n) is 19.7. The van der Waals surface area contributed by atoms with Gasteiger partial charge in [0.1, 0.15) is 34.5 Å². The molecule has 8 rings (SSSR count). The minimum Gasteiger partial charge on any atom is -0.494 e. The summed E-state index contributed by atoms with van der Waals surface area (Å²) in [6, 6.07) is 22.1. The molecule has 2 N–H and O–H groups in total. The molecule has 0 spiro atoms. The van der Waals surface area contributed by atoms with Crippen LogP contribution in [0, 0.1) is 11.6 Å². The van der Waals surface area contributed by atoms with Crippen molar-refractivity contribution >= 4 is 44.6 Å². The molecule has 60 heavy (non-hydrogen) atoms. The molecule has 17 heteroatoms. The molecule has 1 amide bonds. The first-order chi connectivity index (χ1) is 29.0. The molecule has 0 bridgehead atoms. The second kappa shape index (κ2) is 17.2. The average Bonchev–Trinajstić information content (AvgIpc) is 3.65. The lowest BCUT2D eigenvalue weighted by Crippen LogP contribution is -2.54. The second-order valence-corrected chi connectivity index (χ2v) is 16.6. The van der Waals surface area contributed by atoms with E-state index >= 15 is 0 Å². The molecule has 2 fully saturated rings. The summed E-state index contributed by atoms with van der Waals surface area (Å²) in [6.07, 6.45) is 6.74. The van der Waals surface area contributed by atoms with E-state index in [0.717, 1.165) is 56.8 Å². The number of anilines is 4. The van der Waals surface area contributed by atoms with E-state index in [9.17, 15) is 22.0 Å². The summed E-state index contributed by atoms with van der Waals surface area (Å²) in [5.41, 5.74) is 4.03. The van der Waals surface area contributed by atoms with Crippen molar-refractivity contribution < 1.29 is 31.5 Å². The Bertz CT molecular complexity index is 2630. The predicted molar refractivity (Wildman–Crippen MR) is 227 cm³/mol. The number of nitrogens with zero attached hydrogens (tertiary/aromatic N) is 7. The van der Waals surface area contributed by atoms with E-state index in [1.807, 2.05) is 47.0 Å². The third kappa shape index (κ3) is 8.46. The van der Waals surface area contributed by atoms with Crippen molar-refractivity contribution in [3.8, 4) is 34.1 Å². The van der Waals surface area contributed by atoms with Crippen LogP contribution in [0.1, 0.15) is 30.1 Å². The molecular weight excluding hydrogens is 793 g/mol. The number of ether oxygens (including phenoxy) is 2. The Kier molecular flexibility index (Phi) is 11.6. The number of fused-ring (bicyclic) bond motifs is 1. The summed E-state index contributed by atoms with van der Waals surface area (Å²) in [6.45, 7) is 6.32. The van der Waals surface area contributed by atoms with Gasteiger partial charge in [-0.25, -0.2) is 32.2 Å². The van der Waals surface area contributed by atoms with Gasteiger partial charge in [-0.2, -0.15) is 4.31 Å². The molecule has 0 unspecified atom stereocenters. The molecule has 0 aliphatic carbocycles. The van der Waals surface area contributed by atoms with Crippen molar-refractivity contribution in [1.82, 2.24) is 28.6 Å². The maximum Gasteiger partial charge on any atom is 0.259 e. The number of hydrogen-bond acceptors (Lipinski definition) is 11. The Labute approximate surface area is 346 Å². The number of piperidine rings is 1. The lowest BCUT2D eigenvalue weighted by molar-refractivity contribution is 0.102. The zero-order chi connectivity index (χ0) is 42.0. The number of carbonyl (C=O) groups is 1. The van der Waals surface area contributed by atoms with Crippen molar-refractivity contribution in [2.24, 2.45) is 0 Å². The van der Waals surface area contributed by atoms with Gasteiger partial charge in [-0.3, -0.25) is 14.1 Å². The maximum absolute atomic E-state index is 14.5. The average molecular weight is 838 g/mol. The normalized spacial score (nSPS) is 15.6. The number of halogens is 2. The van der Waals surface area contributed by atoms with Gasteiger partial charge < -0.3 is 25.0 Å². The molecule has 2 saturated heterocycles. The van der Waals surface area contributed by atoms with E-state index in [1.54, 1.807) is 48.8 Å². The number of rotatable bonds is 12. The number of nitrogens with one attached hydrogen (secondary N) is 2. The lowest BCUT2D eigenvalue weighted by atomic mass is 10.0. The second-order valence-electron chi connectivity index (χ2n) is 14.6. The van der Waals surface area contributed by atoms with Crippen LogP contribution < -0.4 is 25.0 Å². The fourth-order valence-electron chi connectivity index (χ4n) is 7.92. The zero-order valence-electron chi connectivity index (χ0n) is 33.4. The van der Waals surface area contributed by atoms with Gasteiger partial charge in [0.15, 0.2) is 0 Å². The van der Waals surface area contributed by atoms with Crippen molar-refractivity contribution in [2.75, 3.05) is 74.8 Å². The number of amides is 1.